The van der Waals surface area contributed by atoms with E-state index in [-0.39, 0.29) is 12.0 Å². The van der Waals surface area contributed by atoms with Gasteiger partial charge in [0.15, 0.2) is 5.75 Å². The lowest BCUT2D eigenvalue weighted by Crippen LogP contribution is -2.16. The Balaban J connectivity index is 1.66. The molecule has 1 aromatic heterocycles. The average molecular weight is 412 g/mol. The summed E-state index contributed by atoms with van der Waals surface area (Å²) in [6.07, 6.45) is 1.78. The number of nitrogens with zero attached hydrogens (tertiary/aromatic N) is 1. The Labute approximate surface area is 182 Å². The summed E-state index contributed by atoms with van der Waals surface area (Å²) in [5.41, 5.74) is 3.89. The normalized spacial score (nSPS) is 10.6. The minimum Gasteiger partial charge on any atom is -0.487 e. The first kappa shape index (κ1) is 20.5. The molecule has 0 N–H and O–H groups in total. The third-order valence-corrected chi connectivity index (χ3v) is 5.06. The van der Waals surface area contributed by atoms with Crippen LogP contribution in [0.15, 0.2) is 95.9 Å². The SMILES string of the molecule is Cc1ccc(Oc2cn(Cc3ccccc3)c(COc3ccccc3)cc2=O)c(C)c1. The van der Waals surface area contributed by atoms with E-state index in [2.05, 4.69) is 12.1 Å². The van der Waals surface area contributed by atoms with Crippen molar-refractivity contribution in [3.63, 3.8) is 0 Å². The van der Waals surface area contributed by atoms with Gasteiger partial charge in [-0.05, 0) is 43.2 Å². The first-order valence-corrected chi connectivity index (χ1v) is 10.3. The standard InChI is InChI=1S/C27H25NO3/c1-20-13-14-26(21(2)15-20)31-27-18-28(17-22-9-5-3-6-10-22)23(16-25(27)29)19-30-24-11-7-4-8-12-24/h3-16,18H,17,19H2,1-2H3. The van der Waals surface area contributed by atoms with E-state index < -0.39 is 0 Å². The molecule has 0 amide bonds. The molecule has 31 heavy (non-hydrogen) atoms. The van der Waals surface area contributed by atoms with Crippen molar-refractivity contribution in [1.29, 1.82) is 0 Å². The third-order valence-electron chi connectivity index (χ3n) is 5.06. The molecule has 0 aliphatic rings. The van der Waals surface area contributed by atoms with Crippen LogP contribution in [-0.2, 0) is 13.2 Å². The van der Waals surface area contributed by atoms with Gasteiger partial charge < -0.3 is 14.0 Å². The molecule has 0 radical (unpaired) electrons. The van der Waals surface area contributed by atoms with Gasteiger partial charge in [-0.2, -0.15) is 0 Å². The van der Waals surface area contributed by atoms with E-state index in [0.29, 0.717) is 18.0 Å². The van der Waals surface area contributed by atoms with Gasteiger partial charge >= 0.3 is 0 Å². The Kier molecular flexibility index (Phi) is 6.18. The van der Waals surface area contributed by atoms with E-state index in [1.165, 1.54) is 0 Å². The molecule has 4 nitrogen and oxygen atoms in total. The number of aromatic nitrogens is 1. The number of pyridine rings is 1. The molecule has 0 fully saturated rings. The second-order valence-electron chi connectivity index (χ2n) is 7.58. The lowest BCUT2D eigenvalue weighted by molar-refractivity contribution is 0.294. The maximum atomic E-state index is 12.8. The zero-order valence-electron chi connectivity index (χ0n) is 17.7. The van der Waals surface area contributed by atoms with Crippen molar-refractivity contribution in [3.05, 3.63) is 124 Å². The van der Waals surface area contributed by atoms with Crippen molar-refractivity contribution in [2.24, 2.45) is 0 Å². The van der Waals surface area contributed by atoms with Crippen LogP contribution in [-0.4, -0.2) is 4.57 Å². The van der Waals surface area contributed by atoms with Crippen molar-refractivity contribution < 1.29 is 9.47 Å². The van der Waals surface area contributed by atoms with Gasteiger partial charge in [0.2, 0.25) is 5.43 Å². The van der Waals surface area contributed by atoms with Gasteiger partial charge in [-0.3, -0.25) is 4.79 Å². The summed E-state index contributed by atoms with van der Waals surface area (Å²) in [5.74, 6) is 1.74. The lowest BCUT2D eigenvalue weighted by atomic mass is 10.1. The van der Waals surface area contributed by atoms with Gasteiger partial charge in [-0.15, -0.1) is 0 Å². The predicted molar refractivity (Wildman–Crippen MR) is 123 cm³/mol. The third kappa shape index (κ3) is 5.23. The first-order valence-electron chi connectivity index (χ1n) is 10.3. The van der Waals surface area contributed by atoms with Crippen LogP contribution >= 0.6 is 0 Å². The molecule has 156 valence electrons. The summed E-state index contributed by atoms with van der Waals surface area (Å²) in [4.78, 5) is 12.8. The molecule has 0 saturated heterocycles. The number of benzene rings is 3. The molecule has 0 spiro atoms. The first-order chi connectivity index (χ1) is 15.1. The Morgan fingerprint density at radius 1 is 0.806 bits per heavy atom. The fraction of sp³-hybridized carbons (Fsp3) is 0.148. The quantitative estimate of drug-likeness (QED) is 0.381. The predicted octanol–water partition coefficient (Wildman–Crippen LogP) is 5.88. The van der Waals surface area contributed by atoms with Gasteiger partial charge in [-0.25, -0.2) is 0 Å². The van der Waals surface area contributed by atoms with Gasteiger partial charge in [0.25, 0.3) is 0 Å². The summed E-state index contributed by atoms with van der Waals surface area (Å²) >= 11 is 0. The van der Waals surface area contributed by atoms with Crippen LogP contribution in [0.4, 0.5) is 0 Å². The number of rotatable bonds is 7. The number of hydrogen-bond donors (Lipinski definition) is 0. The summed E-state index contributed by atoms with van der Waals surface area (Å²) in [7, 11) is 0. The van der Waals surface area contributed by atoms with Crippen molar-refractivity contribution in [2.75, 3.05) is 0 Å². The van der Waals surface area contributed by atoms with Crippen molar-refractivity contribution in [2.45, 2.75) is 27.0 Å². The number of ether oxygens (including phenoxy) is 2. The van der Waals surface area contributed by atoms with E-state index in [0.717, 1.165) is 28.1 Å². The molecule has 4 rings (SSSR count). The largest absolute Gasteiger partial charge is 0.487 e. The summed E-state index contributed by atoms with van der Waals surface area (Å²) < 4.78 is 13.9. The van der Waals surface area contributed by atoms with Crippen molar-refractivity contribution >= 4 is 0 Å². The molecular formula is C27H25NO3. The highest BCUT2D eigenvalue weighted by atomic mass is 16.5. The maximum Gasteiger partial charge on any atom is 0.224 e. The van der Waals surface area contributed by atoms with Crippen LogP contribution in [0, 0.1) is 13.8 Å². The van der Waals surface area contributed by atoms with Crippen LogP contribution < -0.4 is 14.9 Å². The zero-order chi connectivity index (χ0) is 21.6. The minimum absolute atomic E-state index is 0.170. The second-order valence-corrected chi connectivity index (χ2v) is 7.58. The average Bonchev–Trinajstić information content (AvgIpc) is 2.78. The van der Waals surface area contributed by atoms with Crippen LogP contribution in [0.25, 0.3) is 0 Å². The fourth-order valence-electron chi connectivity index (χ4n) is 3.43. The van der Waals surface area contributed by atoms with Crippen molar-refractivity contribution in [3.8, 4) is 17.2 Å². The molecule has 3 aromatic carbocycles. The summed E-state index contributed by atoms with van der Waals surface area (Å²) in [6, 6.07) is 27.2. The smallest absolute Gasteiger partial charge is 0.224 e. The van der Waals surface area contributed by atoms with Crippen LogP contribution in [0.5, 0.6) is 17.2 Å². The van der Waals surface area contributed by atoms with E-state index in [1.54, 1.807) is 12.3 Å². The van der Waals surface area contributed by atoms with Crippen LogP contribution in [0.2, 0.25) is 0 Å². The fourth-order valence-corrected chi connectivity index (χ4v) is 3.43. The summed E-state index contributed by atoms with van der Waals surface area (Å²) in [5, 5.41) is 0. The van der Waals surface area contributed by atoms with Gasteiger partial charge in [0.05, 0.1) is 11.9 Å². The van der Waals surface area contributed by atoms with E-state index >= 15 is 0 Å². The Morgan fingerprint density at radius 3 is 2.23 bits per heavy atom. The summed E-state index contributed by atoms with van der Waals surface area (Å²) in [6.45, 7) is 4.91. The minimum atomic E-state index is -0.170. The highest BCUT2D eigenvalue weighted by Gasteiger charge is 2.12. The number of hydrogen-bond acceptors (Lipinski definition) is 3. The molecule has 0 saturated carbocycles. The zero-order valence-corrected chi connectivity index (χ0v) is 17.7. The van der Waals surface area contributed by atoms with E-state index in [9.17, 15) is 4.79 Å². The molecule has 0 aliphatic heterocycles. The lowest BCUT2D eigenvalue weighted by Gasteiger charge is -2.17. The van der Waals surface area contributed by atoms with Crippen LogP contribution in [0.1, 0.15) is 22.4 Å². The molecule has 4 aromatic rings. The molecular weight excluding hydrogens is 386 g/mol. The molecule has 0 atom stereocenters. The Hall–Kier alpha value is -3.79. The number of aryl methyl sites for hydroxylation is 2. The van der Waals surface area contributed by atoms with E-state index in [4.69, 9.17) is 9.47 Å². The molecule has 4 heteroatoms. The molecule has 1 heterocycles. The van der Waals surface area contributed by atoms with Gasteiger partial charge in [-0.1, -0.05) is 66.2 Å². The van der Waals surface area contributed by atoms with Crippen LogP contribution in [0.3, 0.4) is 0 Å². The topological polar surface area (TPSA) is 40.5 Å². The Bertz CT molecular complexity index is 1210. The second kappa shape index (κ2) is 9.35. The molecule has 0 unspecified atom stereocenters. The maximum absolute atomic E-state index is 12.8. The monoisotopic (exact) mass is 411 g/mol. The number of para-hydroxylation sites is 1. The van der Waals surface area contributed by atoms with Gasteiger partial charge in [0, 0.05) is 12.6 Å². The van der Waals surface area contributed by atoms with Crippen molar-refractivity contribution in [1.82, 2.24) is 4.57 Å². The van der Waals surface area contributed by atoms with Gasteiger partial charge in [0.1, 0.15) is 18.1 Å². The highest BCUT2D eigenvalue weighted by molar-refractivity contribution is 5.39. The van der Waals surface area contributed by atoms with E-state index in [1.807, 2.05) is 85.1 Å². The molecule has 0 aliphatic carbocycles. The molecule has 0 bridgehead atoms. The Morgan fingerprint density at radius 2 is 1.52 bits per heavy atom. The highest BCUT2D eigenvalue weighted by Crippen LogP contribution is 2.24.